The molecule has 1 aromatic carbocycles. The summed E-state index contributed by atoms with van der Waals surface area (Å²) in [6.45, 7) is 0.287. The minimum atomic E-state index is -0.686. The molecule has 0 bridgehead atoms. The molecule has 0 fully saturated rings. The fourth-order valence-electron chi connectivity index (χ4n) is 3.06. The number of hydrogen-bond donors (Lipinski definition) is 2. The molecular formula is C17H14BrN3O4S. The Hall–Kier alpha value is -2.26. The molecule has 3 aromatic rings. The van der Waals surface area contributed by atoms with Gasteiger partial charge >= 0.3 is 11.1 Å². The molecule has 0 saturated heterocycles. The number of nitrogens with zero attached hydrogens (tertiary/aromatic N) is 1. The van der Waals surface area contributed by atoms with Crippen molar-refractivity contribution in [1.82, 2.24) is 14.9 Å². The Morgan fingerprint density at radius 2 is 2.27 bits per heavy atom. The van der Waals surface area contributed by atoms with Gasteiger partial charge in [-0.25, -0.2) is 0 Å². The minimum Gasteiger partial charge on any atom is -0.467 e. The predicted molar refractivity (Wildman–Crippen MR) is 101 cm³/mol. The van der Waals surface area contributed by atoms with Gasteiger partial charge in [0.1, 0.15) is 5.76 Å². The monoisotopic (exact) mass is 435 g/mol. The van der Waals surface area contributed by atoms with Crippen LogP contribution in [0.1, 0.15) is 18.2 Å². The highest BCUT2D eigenvalue weighted by atomic mass is 79.9. The van der Waals surface area contributed by atoms with Gasteiger partial charge in [0.05, 0.1) is 29.9 Å². The molecule has 1 aliphatic rings. The van der Waals surface area contributed by atoms with E-state index in [1.165, 1.54) is 4.57 Å². The summed E-state index contributed by atoms with van der Waals surface area (Å²) < 4.78 is 7.47. The van der Waals surface area contributed by atoms with E-state index in [2.05, 4.69) is 26.2 Å². The maximum absolute atomic E-state index is 12.5. The van der Waals surface area contributed by atoms with Crippen LogP contribution in [0.25, 0.3) is 11.0 Å². The zero-order valence-corrected chi connectivity index (χ0v) is 15.9. The van der Waals surface area contributed by atoms with Crippen LogP contribution in [0.2, 0.25) is 0 Å². The van der Waals surface area contributed by atoms with E-state index in [0.717, 1.165) is 9.37 Å². The van der Waals surface area contributed by atoms with Gasteiger partial charge in [0.15, 0.2) is 0 Å². The Morgan fingerprint density at radius 3 is 3.04 bits per heavy atom. The summed E-state index contributed by atoms with van der Waals surface area (Å²) in [5.74, 6) is 0.992. The molecule has 26 heavy (non-hydrogen) atoms. The highest BCUT2D eigenvalue weighted by Crippen LogP contribution is 2.37. The lowest BCUT2D eigenvalue weighted by Crippen LogP contribution is -2.41. The Balaban J connectivity index is 1.66. The van der Waals surface area contributed by atoms with Crippen molar-refractivity contribution in [2.24, 2.45) is 0 Å². The van der Waals surface area contributed by atoms with Crippen LogP contribution in [0.3, 0.4) is 0 Å². The van der Waals surface area contributed by atoms with Gasteiger partial charge in [0.2, 0.25) is 5.91 Å². The molecule has 0 radical (unpaired) electrons. The number of thioether (sulfide) groups is 1. The third kappa shape index (κ3) is 3.12. The van der Waals surface area contributed by atoms with Crippen molar-refractivity contribution in [2.75, 3.05) is 5.75 Å². The molecule has 7 nitrogen and oxygen atoms in total. The van der Waals surface area contributed by atoms with E-state index in [-0.39, 0.29) is 24.9 Å². The number of amides is 1. The van der Waals surface area contributed by atoms with Crippen LogP contribution in [-0.4, -0.2) is 21.2 Å². The number of H-pyrrole nitrogens is 1. The van der Waals surface area contributed by atoms with Crippen LogP contribution < -0.4 is 16.4 Å². The number of halogens is 1. The fraction of sp³-hybridized carbons (Fsp3) is 0.235. The first-order chi connectivity index (χ1) is 12.5. The van der Waals surface area contributed by atoms with Crippen molar-refractivity contribution in [3.05, 3.63) is 61.5 Å². The first kappa shape index (κ1) is 17.2. The van der Waals surface area contributed by atoms with Gasteiger partial charge in [-0.15, -0.1) is 11.8 Å². The molecule has 2 aromatic heterocycles. The molecule has 1 aliphatic heterocycles. The second-order valence-electron chi connectivity index (χ2n) is 5.95. The summed E-state index contributed by atoms with van der Waals surface area (Å²) in [5, 5.41) is 2.78. The minimum absolute atomic E-state index is 0.113. The highest BCUT2D eigenvalue weighted by molar-refractivity contribution is 9.10. The Morgan fingerprint density at radius 1 is 1.42 bits per heavy atom. The number of aromatic nitrogens is 2. The lowest BCUT2D eigenvalue weighted by Gasteiger charge is -2.26. The molecule has 2 N–H and O–H groups in total. The fourth-order valence-corrected chi connectivity index (χ4v) is 4.86. The summed E-state index contributed by atoms with van der Waals surface area (Å²) in [5.41, 5.74) is -0.0790. The number of furan rings is 1. The number of carbonyl (C=O) groups excluding carboxylic acids is 1. The number of benzene rings is 1. The van der Waals surface area contributed by atoms with E-state index < -0.39 is 11.1 Å². The van der Waals surface area contributed by atoms with Crippen molar-refractivity contribution in [3.8, 4) is 0 Å². The van der Waals surface area contributed by atoms with Crippen LogP contribution in [0, 0.1) is 0 Å². The lowest BCUT2D eigenvalue weighted by atomic mass is 10.2. The molecule has 1 amide bonds. The highest BCUT2D eigenvalue weighted by Gasteiger charge is 2.27. The van der Waals surface area contributed by atoms with Crippen LogP contribution in [0.15, 0.2) is 53.9 Å². The zero-order valence-electron chi connectivity index (χ0n) is 13.5. The number of hydrogen-bond acceptors (Lipinski definition) is 5. The van der Waals surface area contributed by atoms with E-state index in [4.69, 9.17) is 4.42 Å². The average molecular weight is 436 g/mol. The first-order valence-corrected chi connectivity index (χ1v) is 9.71. The van der Waals surface area contributed by atoms with Crippen molar-refractivity contribution in [3.63, 3.8) is 0 Å². The Kier molecular flexibility index (Phi) is 4.49. The van der Waals surface area contributed by atoms with Gasteiger partial charge in [-0.05, 0) is 24.3 Å². The van der Waals surface area contributed by atoms with Crippen LogP contribution in [0.4, 0.5) is 0 Å². The van der Waals surface area contributed by atoms with Gasteiger partial charge in [0.25, 0.3) is 0 Å². The van der Waals surface area contributed by atoms with Crippen molar-refractivity contribution in [1.29, 1.82) is 0 Å². The van der Waals surface area contributed by atoms with E-state index in [1.807, 2.05) is 6.07 Å². The standard InChI is InChI=1S/C17H14BrN3O4S/c18-9-4-12-15-13(5-9)26-8-10(21(15)17(24)16(23)20-12)6-14(22)19-7-11-2-1-3-25-11/h1-5,10H,6-8H2,(H,19,22)(H,20,23). The van der Waals surface area contributed by atoms with E-state index in [9.17, 15) is 14.4 Å². The third-order valence-electron chi connectivity index (χ3n) is 4.20. The van der Waals surface area contributed by atoms with Crippen LogP contribution in [-0.2, 0) is 11.3 Å². The largest absolute Gasteiger partial charge is 0.467 e. The Bertz CT molecular complexity index is 1100. The molecule has 9 heteroatoms. The van der Waals surface area contributed by atoms with E-state index in [1.54, 1.807) is 36.2 Å². The number of rotatable bonds is 4. The molecule has 134 valence electrons. The molecule has 0 spiro atoms. The summed E-state index contributed by atoms with van der Waals surface area (Å²) in [6.07, 6.45) is 1.66. The molecule has 0 aliphatic carbocycles. The topological polar surface area (TPSA) is 97.1 Å². The quantitative estimate of drug-likeness (QED) is 0.613. The van der Waals surface area contributed by atoms with E-state index in [0.29, 0.717) is 22.5 Å². The van der Waals surface area contributed by atoms with Crippen molar-refractivity contribution < 1.29 is 9.21 Å². The van der Waals surface area contributed by atoms with Crippen molar-refractivity contribution in [2.45, 2.75) is 23.9 Å². The molecular weight excluding hydrogens is 422 g/mol. The van der Waals surface area contributed by atoms with Gasteiger partial charge < -0.3 is 14.7 Å². The van der Waals surface area contributed by atoms with Gasteiger partial charge in [-0.1, -0.05) is 15.9 Å². The summed E-state index contributed by atoms with van der Waals surface area (Å²) in [7, 11) is 0. The van der Waals surface area contributed by atoms with Gasteiger partial charge in [-0.3, -0.25) is 19.0 Å². The lowest BCUT2D eigenvalue weighted by molar-refractivity contribution is -0.122. The maximum Gasteiger partial charge on any atom is 0.317 e. The molecule has 1 unspecified atom stereocenters. The second kappa shape index (κ2) is 6.81. The molecule has 1 atom stereocenters. The maximum atomic E-state index is 12.5. The average Bonchev–Trinajstić information content (AvgIpc) is 3.12. The summed E-state index contributed by atoms with van der Waals surface area (Å²) in [4.78, 5) is 40.4. The Labute approximate surface area is 159 Å². The zero-order chi connectivity index (χ0) is 18.3. The van der Waals surface area contributed by atoms with E-state index >= 15 is 0 Å². The van der Waals surface area contributed by atoms with Crippen molar-refractivity contribution >= 4 is 44.6 Å². The normalized spacial score (nSPS) is 16.0. The second-order valence-corrected chi connectivity index (χ2v) is 7.93. The molecule has 0 saturated carbocycles. The molecule has 4 rings (SSSR count). The van der Waals surface area contributed by atoms with Gasteiger partial charge in [-0.2, -0.15) is 0 Å². The smallest absolute Gasteiger partial charge is 0.317 e. The van der Waals surface area contributed by atoms with Gasteiger partial charge in [0, 0.05) is 21.5 Å². The van der Waals surface area contributed by atoms with Crippen LogP contribution in [0.5, 0.6) is 0 Å². The number of carbonyl (C=O) groups is 1. The first-order valence-electron chi connectivity index (χ1n) is 7.93. The SMILES string of the molecule is O=C(CC1CSc2cc(Br)cc3[nH]c(=O)c(=O)n1c23)NCc1ccco1. The summed E-state index contributed by atoms with van der Waals surface area (Å²) in [6, 6.07) is 6.81. The van der Waals surface area contributed by atoms with Crippen LogP contribution >= 0.6 is 27.7 Å². The summed E-state index contributed by atoms with van der Waals surface area (Å²) >= 11 is 4.98. The number of aromatic amines is 1. The third-order valence-corrected chi connectivity index (χ3v) is 5.83. The molecule has 3 heterocycles. The number of nitrogens with one attached hydrogen (secondary N) is 2. The predicted octanol–water partition coefficient (Wildman–Crippen LogP) is 2.40.